The summed E-state index contributed by atoms with van der Waals surface area (Å²) in [7, 11) is 1.88. The molecule has 0 saturated heterocycles. The van der Waals surface area contributed by atoms with E-state index in [4.69, 9.17) is 5.73 Å². The highest BCUT2D eigenvalue weighted by molar-refractivity contribution is 5.73. The third kappa shape index (κ3) is 5.41. The van der Waals surface area contributed by atoms with Gasteiger partial charge >= 0.3 is 0 Å². The molecule has 0 aliphatic rings. The van der Waals surface area contributed by atoms with E-state index in [1.807, 2.05) is 31.3 Å². The highest BCUT2D eigenvalue weighted by Gasteiger charge is 2.12. The van der Waals surface area contributed by atoms with Crippen molar-refractivity contribution < 1.29 is 0 Å². The molecule has 0 spiro atoms. The largest absolute Gasteiger partial charge is 0.392 e. The lowest BCUT2D eigenvalue weighted by atomic mass is 10.1. The second kappa shape index (κ2) is 9.97. The van der Waals surface area contributed by atoms with Gasteiger partial charge in [0.1, 0.15) is 5.69 Å². The molecule has 0 unspecified atom stereocenters. The average Bonchev–Trinajstić information content (AvgIpc) is 2.92. The number of aryl methyl sites for hydroxylation is 1. The third-order valence-corrected chi connectivity index (χ3v) is 4.69. The van der Waals surface area contributed by atoms with E-state index in [9.17, 15) is 4.79 Å². The van der Waals surface area contributed by atoms with Crippen LogP contribution in [0.3, 0.4) is 0 Å². The summed E-state index contributed by atoms with van der Waals surface area (Å²) in [5.41, 5.74) is 8.89. The molecule has 0 radical (unpaired) electrons. The van der Waals surface area contributed by atoms with Crippen LogP contribution in [0.1, 0.15) is 58.3 Å². The van der Waals surface area contributed by atoms with Crippen LogP contribution in [0, 0.1) is 0 Å². The van der Waals surface area contributed by atoms with Crippen molar-refractivity contribution >= 4 is 11.4 Å². The average molecular weight is 345 g/mol. The maximum Gasteiger partial charge on any atom is 0.290 e. The van der Waals surface area contributed by atoms with E-state index in [1.165, 1.54) is 38.5 Å². The van der Waals surface area contributed by atoms with Gasteiger partial charge in [-0.25, -0.2) is 0 Å². The van der Waals surface area contributed by atoms with Crippen LogP contribution in [0.4, 0.5) is 11.4 Å². The van der Waals surface area contributed by atoms with Crippen LogP contribution in [0.2, 0.25) is 0 Å². The standard InChI is InChI=1S/C20H32N4O/c1-3-4-5-6-7-8-9-10-15-24-20(25)18(21)19(23-24)16-11-13-17(22-2)14-12-16/h11-14,22-23H,3-10,15,21H2,1-2H3. The van der Waals surface area contributed by atoms with Gasteiger partial charge in [-0.05, 0) is 18.6 Å². The molecule has 0 amide bonds. The molecule has 0 atom stereocenters. The number of H-pyrrole nitrogens is 1. The number of hydrogen-bond donors (Lipinski definition) is 3. The van der Waals surface area contributed by atoms with Crippen molar-refractivity contribution in [3.05, 3.63) is 34.6 Å². The normalized spacial score (nSPS) is 11.0. The van der Waals surface area contributed by atoms with E-state index < -0.39 is 0 Å². The van der Waals surface area contributed by atoms with Gasteiger partial charge in [-0.1, -0.05) is 64.0 Å². The Labute approximate surface area is 150 Å². The fraction of sp³-hybridized carbons (Fsp3) is 0.550. The Balaban J connectivity index is 1.87. The number of rotatable bonds is 11. The smallest absolute Gasteiger partial charge is 0.290 e. The first-order valence-electron chi connectivity index (χ1n) is 9.53. The van der Waals surface area contributed by atoms with Crippen LogP contribution in [-0.4, -0.2) is 16.8 Å². The van der Waals surface area contributed by atoms with Crippen LogP contribution in [0.25, 0.3) is 11.3 Å². The van der Waals surface area contributed by atoms with Crippen molar-refractivity contribution in [3.8, 4) is 11.3 Å². The van der Waals surface area contributed by atoms with Crippen molar-refractivity contribution in [1.82, 2.24) is 9.78 Å². The number of aromatic nitrogens is 2. The maximum atomic E-state index is 12.3. The van der Waals surface area contributed by atoms with Gasteiger partial charge < -0.3 is 11.1 Å². The monoisotopic (exact) mass is 344 g/mol. The number of nitrogen functional groups attached to an aromatic ring is 1. The summed E-state index contributed by atoms with van der Waals surface area (Å²) in [6.45, 7) is 2.94. The maximum absolute atomic E-state index is 12.3. The van der Waals surface area contributed by atoms with Crippen LogP contribution in [-0.2, 0) is 6.54 Å². The molecule has 0 aliphatic carbocycles. The summed E-state index contributed by atoms with van der Waals surface area (Å²) in [6, 6.07) is 7.88. The first-order chi connectivity index (χ1) is 12.2. The highest BCUT2D eigenvalue weighted by atomic mass is 16.1. The molecule has 138 valence electrons. The summed E-state index contributed by atoms with van der Waals surface area (Å²) in [5.74, 6) is 0. The fourth-order valence-corrected chi connectivity index (χ4v) is 3.08. The van der Waals surface area contributed by atoms with Gasteiger partial charge in [0.25, 0.3) is 5.56 Å². The molecule has 1 aromatic carbocycles. The number of nitrogens with one attached hydrogen (secondary N) is 2. The summed E-state index contributed by atoms with van der Waals surface area (Å²) >= 11 is 0. The Morgan fingerprint density at radius 3 is 2.20 bits per heavy atom. The topological polar surface area (TPSA) is 75.8 Å². The SMILES string of the molecule is CCCCCCCCCCn1[nH]c(-c2ccc(NC)cc2)c(N)c1=O. The molecule has 2 rings (SSSR count). The molecule has 4 N–H and O–H groups in total. The fourth-order valence-electron chi connectivity index (χ4n) is 3.08. The van der Waals surface area contributed by atoms with E-state index in [0.29, 0.717) is 17.9 Å². The van der Waals surface area contributed by atoms with Gasteiger partial charge in [-0.3, -0.25) is 14.6 Å². The first kappa shape index (κ1) is 19.2. The predicted molar refractivity (Wildman–Crippen MR) is 107 cm³/mol. The molecule has 25 heavy (non-hydrogen) atoms. The van der Waals surface area contributed by atoms with Crippen molar-refractivity contribution in [2.45, 2.75) is 64.8 Å². The lowest BCUT2D eigenvalue weighted by Gasteiger charge is -2.04. The van der Waals surface area contributed by atoms with Crippen LogP contribution in [0.15, 0.2) is 29.1 Å². The van der Waals surface area contributed by atoms with Gasteiger partial charge in [0.05, 0.1) is 5.69 Å². The Kier molecular flexibility index (Phi) is 7.64. The number of aromatic amines is 1. The van der Waals surface area contributed by atoms with Crippen molar-refractivity contribution in [3.63, 3.8) is 0 Å². The van der Waals surface area contributed by atoms with Crippen molar-refractivity contribution in [1.29, 1.82) is 0 Å². The lowest BCUT2D eigenvalue weighted by Crippen LogP contribution is -2.18. The second-order valence-corrected chi connectivity index (χ2v) is 6.66. The van der Waals surface area contributed by atoms with E-state index in [-0.39, 0.29) is 5.56 Å². The lowest BCUT2D eigenvalue weighted by molar-refractivity contribution is 0.513. The molecule has 5 heteroatoms. The van der Waals surface area contributed by atoms with E-state index in [0.717, 1.165) is 24.1 Å². The molecule has 0 aliphatic heterocycles. The van der Waals surface area contributed by atoms with Crippen LogP contribution >= 0.6 is 0 Å². The second-order valence-electron chi connectivity index (χ2n) is 6.66. The van der Waals surface area contributed by atoms with Gasteiger partial charge in [0.15, 0.2) is 0 Å². The zero-order valence-electron chi connectivity index (χ0n) is 15.6. The van der Waals surface area contributed by atoms with Gasteiger partial charge in [0, 0.05) is 24.8 Å². The van der Waals surface area contributed by atoms with Crippen molar-refractivity contribution in [2.75, 3.05) is 18.1 Å². The molecule has 0 bridgehead atoms. The Morgan fingerprint density at radius 2 is 1.60 bits per heavy atom. The molecular weight excluding hydrogens is 312 g/mol. The summed E-state index contributed by atoms with van der Waals surface area (Å²) in [5, 5.41) is 6.27. The summed E-state index contributed by atoms with van der Waals surface area (Å²) < 4.78 is 1.65. The summed E-state index contributed by atoms with van der Waals surface area (Å²) in [6.07, 6.45) is 10.0. The quantitative estimate of drug-likeness (QED) is 0.521. The van der Waals surface area contributed by atoms with E-state index in [2.05, 4.69) is 17.3 Å². The third-order valence-electron chi connectivity index (χ3n) is 4.69. The van der Waals surface area contributed by atoms with E-state index >= 15 is 0 Å². The Bertz CT molecular complexity index is 685. The van der Waals surface area contributed by atoms with Crippen molar-refractivity contribution in [2.24, 2.45) is 0 Å². The van der Waals surface area contributed by atoms with Gasteiger partial charge in [-0.15, -0.1) is 0 Å². The Hall–Kier alpha value is -2.17. The number of nitrogens with zero attached hydrogens (tertiary/aromatic N) is 1. The minimum Gasteiger partial charge on any atom is -0.392 e. The molecule has 5 nitrogen and oxygen atoms in total. The molecule has 2 aromatic rings. The minimum atomic E-state index is -0.115. The number of unbranched alkanes of at least 4 members (excludes halogenated alkanes) is 7. The van der Waals surface area contributed by atoms with Crippen LogP contribution in [0.5, 0.6) is 0 Å². The minimum absolute atomic E-state index is 0.115. The molecular formula is C20H32N4O. The molecule has 0 fully saturated rings. The number of benzene rings is 1. The number of anilines is 2. The highest BCUT2D eigenvalue weighted by Crippen LogP contribution is 2.23. The number of nitrogens with two attached hydrogens (primary N) is 1. The van der Waals surface area contributed by atoms with Gasteiger partial charge in [-0.2, -0.15) is 0 Å². The van der Waals surface area contributed by atoms with Gasteiger partial charge in [0.2, 0.25) is 0 Å². The summed E-state index contributed by atoms with van der Waals surface area (Å²) in [4.78, 5) is 12.3. The van der Waals surface area contributed by atoms with E-state index in [1.54, 1.807) is 4.68 Å². The molecule has 1 heterocycles. The first-order valence-corrected chi connectivity index (χ1v) is 9.53. The molecule has 0 saturated carbocycles. The molecule has 1 aromatic heterocycles. The Morgan fingerprint density at radius 1 is 1.00 bits per heavy atom. The zero-order chi connectivity index (χ0) is 18.1. The number of hydrogen-bond acceptors (Lipinski definition) is 3. The van der Waals surface area contributed by atoms with Crippen LogP contribution < -0.4 is 16.6 Å². The predicted octanol–water partition coefficient (Wildman–Crippen LogP) is 4.61. The zero-order valence-corrected chi connectivity index (χ0v) is 15.6.